The smallest absolute Gasteiger partial charge is 0.261 e. The highest BCUT2D eigenvalue weighted by Gasteiger charge is 2.25. The van der Waals surface area contributed by atoms with Crippen molar-refractivity contribution in [3.8, 4) is 0 Å². The van der Waals surface area contributed by atoms with Gasteiger partial charge in [0.15, 0.2) is 0 Å². The summed E-state index contributed by atoms with van der Waals surface area (Å²) in [5.41, 5.74) is 2.70. The Balaban J connectivity index is 1.73. The Labute approximate surface area is 184 Å². The zero-order valence-corrected chi connectivity index (χ0v) is 19.5. The molecule has 1 aliphatic heterocycles. The van der Waals surface area contributed by atoms with Crippen molar-refractivity contribution in [3.63, 3.8) is 0 Å². The van der Waals surface area contributed by atoms with Gasteiger partial charge in [-0.25, -0.2) is 21.1 Å². The van der Waals surface area contributed by atoms with Crippen LogP contribution in [0.2, 0.25) is 0 Å². The van der Waals surface area contributed by atoms with Gasteiger partial charge in [0.05, 0.1) is 16.8 Å². The number of amides is 1. The molecule has 3 rings (SSSR count). The lowest BCUT2D eigenvalue weighted by molar-refractivity contribution is 0.0764. The van der Waals surface area contributed by atoms with Crippen LogP contribution in [-0.4, -0.2) is 64.4 Å². The van der Waals surface area contributed by atoms with E-state index >= 15 is 0 Å². The molecular formula is C21H27N3O5S2. The van der Waals surface area contributed by atoms with Gasteiger partial charge in [-0.15, -0.1) is 0 Å². The normalized spacial score (nSPS) is 16.0. The lowest BCUT2D eigenvalue weighted by atomic mass is 10.1. The number of hydrogen-bond donors (Lipinski definition) is 1. The summed E-state index contributed by atoms with van der Waals surface area (Å²) < 4.78 is 53.0. The van der Waals surface area contributed by atoms with Gasteiger partial charge >= 0.3 is 0 Å². The van der Waals surface area contributed by atoms with Crippen LogP contribution >= 0.6 is 0 Å². The Morgan fingerprint density at radius 3 is 2.23 bits per heavy atom. The fourth-order valence-corrected chi connectivity index (χ4v) is 5.45. The van der Waals surface area contributed by atoms with E-state index < -0.39 is 20.0 Å². The third-order valence-corrected chi connectivity index (χ3v) is 8.16. The molecule has 0 spiro atoms. The number of aryl methyl sites for hydroxylation is 1. The average Bonchev–Trinajstić information content (AvgIpc) is 2.97. The van der Waals surface area contributed by atoms with Crippen molar-refractivity contribution >= 4 is 31.6 Å². The number of anilines is 1. The van der Waals surface area contributed by atoms with E-state index in [4.69, 9.17) is 0 Å². The minimum absolute atomic E-state index is 0.0593. The molecule has 0 aliphatic carbocycles. The number of hydrogen-bond acceptors (Lipinski definition) is 5. The van der Waals surface area contributed by atoms with Crippen molar-refractivity contribution < 1.29 is 21.6 Å². The Morgan fingerprint density at radius 2 is 1.58 bits per heavy atom. The van der Waals surface area contributed by atoms with Crippen molar-refractivity contribution in [2.24, 2.45) is 0 Å². The molecule has 1 aliphatic rings. The average molecular weight is 466 g/mol. The van der Waals surface area contributed by atoms with E-state index in [1.54, 1.807) is 17.0 Å². The molecule has 0 saturated carbocycles. The Bertz CT molecular complexity index is 1180. The highest BCUT2D eigenvalue weighted by atomic mass is 32.2. The van der Waals surface area contributed by atoms with Gasteiger partial charge in [-0.3, -0.25) is 9.52 Å². The highest BCUT2D eigenvalue weighted by molar-refractivity contribution is 7.92. The minimum atomic E-state index is -3.80. The monoisotopic (exact) mass is 465 g/mol. The summed E-state index contributed by atoms with van der Waals surface area (Å²) >= 11 is 0. The molecule has 1 fully saturated rings. The SMILES string of the molecule is Cc1cccc(NS(=O)(=O)c2ccc(C(=O)N3CCCN(S(C)(=O)=O)CC3)cc2)c1C. The Morgan fingerprint density at radius 1 is 0.903 bits per heavy atom. The molecule has 8 nitrogen and oxygen atoms in total. The molecule has 0 aromatic heterocycles. The first-order valence-electron chi connectivity index (χ1n) is 9.92. The van der Waals surface area contributed by atoms with Crippen molar-refractivity contribution in [1.82, 2.24) is 9.21 Å². The third kappa shape index (κ3) is 5.44. The topological polar surface area (TPSA) is 104 Å². The van der Waals surface area contributed by atoms with Gasteiger partial charge in [0.25, 0.3) is 15.9 Å². The lowest BCUT2D eigenvalue weighted by Gasteiger charge is -2.21. The van der Waals surface area contributed by atoms with Gasteiger partial charge in [0.2, 0.25) is 10.0 Å². The van der Waals surface area contributed by atoms with Crippen LogP contribution in [0.5, 0.6) is 0 Å². The number of nitrogens with zero attached hydrogens (tertiary/aromatic N) is 2. The van der Waals surface area contributed by atoms with E-state index in [0.717, 1.165) is 17.4 Å². The molecule has 2 aromatic carbocycles. The van der Waals surface area contributed by atoms with Crippen LogP contribution in [0.15, 0.2) is 47.4 Å². The van der Waals surface area contributed by atoms with Crippen LogP contribution in [0.3, 0.4) is 0 Å². The van der Waals surface area contributed by atoms with Gasteiger partial charge < -0.3 is 4.90 Å². The van der Waals surface area contributed by atoms with E-state index in [9.17, 15) is 21.6 Å². The molecule has 168 valence electrons. The molecule has 1 N–H and O–H groups in total. The number of benzene rings is 2. The van der Waals surface area contributed by atoms with Gasteiger partial charge in [0, 0.05) is 31.7 Å². The van der Waals surface area contributed by atoms with Gasteiger partial charge in [-0.05, 0) is 61.7 Å². The maximum atomic E-state index is 12.8. The van der Waals surface area contributed by atoms with Crippen molar-refractivity contribution in [3.05, 3.63) is 59.2 Å². The summed E-state index contributed by atoms with van der Waals surface area (Å²) in [6, 6.07) is 11.2. The first-order chi connectivity index (χ1) is 14.5. The lowest BCUT2D eigenvalue weighted by Crippen LogP contribution is -2.36. The van der Waals surface area contributed by atoms with Crippen LogP contribution in [0.1, 0.15) is 27.9 Å². The van der Waals surface area contributed by atoms with Gasteiger partial charge in [-0.2, -0.15) is 0 Å². The van der Waals surface area contributed by atoms with Crippen molar-refractivity contribution in [2.75, 3.05) is 37.2 Å². The number of carbonyl (C=O) groups excluding carboxylic acids is 1. The van der Waals surface area contributed by atoms with E-state index in [-0.39, 0.29) is 17.3 Å². The maximum absolute atomic E-state index is 12.8. The van der Waals surface area contributed by atoms with Crippen molar-refractivity contribution in [2.45, 2.75) is 25.2 Å². The van der Waals surface area contributed by atoms with E-state index in [1.807, 2.05) is 19.9 Å². The molecule has 10 heteroatoms. The summed E-state index contributed by atoms with van der Waals surface area (Å²) in [6.07, 6.45) is 1.71. The molecule has 0 atom stereocenters. The van der Waals surface area contributed by atoms with E-state index in [2.05, 4.69) is 4.72 Å². The highest BCUT2D eigenvalue weighted by Crippen LogP contribution is 2.22. The van der Waals surface area contributed by atoms with Crippen LogP contribution in [0.25, 0.3) is 0 Å². The first kappa shape index (κ1) is 23.2. The van der Waals surface area contributed by atoms with Crippen LogP contribution in [-0.2, 0) is 20.0 Å². The Kier molecular flexibility index (Phi) is 6.73. The predicted molar refractivity (Wildman–Crippen MR) is 120 cm³/mol. The quantitative estimate of drug-likeness (QED) is 0.729. The maximum Gasteiger partial charge on any atom is 0.261 e. The fourth-order valence-electron chi connectivity index (χ4n) is 3.45. The summed E-state index contributed by atoms with van der Waals surface area (Å²) in [5.74, 6) is -0.248. The van der Waals surface area contributed by atoms with Crippen LogP contribution < -0.4 is 4.72 Å². The standard InChI is InChI=1S/C21H27N3O5S2/c1-16-6-4-7-20(17(16)2)22-31(28,29)19-10-8-18(9-11-19)21(25)23-12-5-13-24(15-14-23)30(3,26)27/h4,6-11,22H,5,12-15H2,1-3H3. The molecule has 0 bridgehead atoms. The second-order valence-electron chi connectivity index (χ2n) is 7.69. The third-order valence-electron chi connectivity index (χ3n) is 5.47. The summed E-state index contributed by atoms with van der Waals surface area (Å²) in [4.78, 5) is 14.5. The fraction of sp³-hybridized carbons (Fsp3) is 0.381. The molecule has 31 heavy (non-hydrogen) atoms. The molecule has 0 radical (unpaired) electrons. The molecular weight excluding hydrogens is 438 g/mol. The zero-order chi connectivity index (χ0) is 22.8. The van der Waals surface area contributed by atoms with Gasteiger partial charge in [0.1, 0.15) is 0 Å². The number of nitrogens with one attached hydrogen (secondary N) is 1. The molecule has 2 aromatic rings. The summed E-state index contributed by atoms with van der Waals surface area (Å²) in [5, 5.41) is 0. The molecule has 1 heterocycles. The summed E-state index contributed by atoms with van der Waals surface area (Å²) in [6.45, 7) is 5.12. The second kappa shape index (κ2) is 8.97. The van der Waals surface area contributed by atoms with Crippen LogP contribution in [0.4, 0.5) is 5.69 Å². The first-order valence-corrected chi connectivity index (χ1v) is 13.3. The van der Waals surface area contributed by atoms with E-state index in [1.165, 1.54) is 28.6 Å². The minimum Gasteiger partial charge on any atom is -0.337 e. The largest absolute Gasteiger partial charge is 0.337 e. The van der Waals surface area contributed by atoms with Crippen LogP contribution in [0, 0.1) is 13.8 Å². The summed E-state index contributed by atoms with van der Waals surface area (Å²) in [7, 11) is -7.09. The number of sulfonamides is 2. The second-order valence-corrected chi connectivity index (χ2v) is 11.3. The number of rotatable bonds is 5. The predicted octanol–water partition coefficient (Wildman–Crippen LogP) is 2.21. The number of carbonyl (C=O) groups is 1. The molecule has 0 unspecified atom stereocenters. The van der Waals surface area contributed by atoms with Gasteiger partial charge in [-0.1, -0.05) is 12.1 Å². The zero-order valence-electron chi connectivity index (χ0n) is 17.8. The van der Waals surface area contributed by atoms with Crippen molar-refractivity contribution in [1.29, 1.82) is 0 Å². The molecule has 1 saturated heterocycles. The Hall–Kier alpha value is -2.43. The molecule has 1 amide bonds. The van der Waals surface area contributed by atoms with E-state index in [0.29, 0.717) is 37.3 Å².